The van der Waals surface area contributed by atoms with Crippen LogP contribution >= 0.6 is 23.2 Å². The van der Waals surface area contributed by atoms with Gasteiger partial charge in [0.25, 0.3) is 11.7 Å². The van der Waals surface area contributed by atoms with E-state index in [1.54, 1.807) is 42.5 Å². The lowest BCUT2D eigenvalue weighted by atomic mass is 9.95. The summed E-state index contributed by atoms with van der Waals surface area (Å²) in [6.45, 7) is 3.75. The van der Waals surface area contributed by atoms with Crippen molar-refractivity contribution in [3.8, 4) is 0 Å². The van der Waals surface area contributed by atoms with Crippen LogP contribution in [0.3, 0.4) is 0 Å². The number of halogens is 2. The maximum Gasteiger partial charge on any atom is 0.295 e. The summed E-state index contributed by atoms with van der Waals surface area (Å²) >= 11 is 12.3. The number of ketones is 1. The molecule has 162 valence electrons. The summed E-state index contributed by atoms with van der Waals surface area (Å²) in [5, 5.41) is 11.7. The molecule has 1 atom stereocenters. The van der Waals surface area contributed by atoms with Crippen LogP contribution in [0.5, 0.6) is 0 Å². The summed E-state index contributed by atoms with van der Waals surface area (Å²) in [4.78, 5) is 29.7. The average molecular weight is 461 g/mol. The summed E-state index contributed by atoms with van der Waals surface area (Å²) in [7, 11) is 0. The van der Waals surface area contributed by atoms with Crippen molar-refractivity contribution in [3.05, 3.63) is 75.3 Å². The Morgan fingerprint density at radius 2 is 1.71 bits per heavy atom. The Kier molecular flexibility index (Phi) is 6.62. The molecule has 0 saturated carbocycles. The van der Waals surface area contributed by atoms with Gasteiger partial charge in [0, 0.05) is 31.7 Å². The van der Waals surface area contributed by atoms with Gasteiger partial charge in [-0.25, -0.2) is 0 Å². The second-order valence-electron chi connectivity index (χ2n) is 7.49. The van der Waals surface area contributed by atoms with Gasteiger partial charge in [0.1, 0.15) is 5.76 Å². The highest BCUT2D eigenvalue weighted by molar-refractivity contribution is 6.46. The topological polar surface area (TPSA) is 70.1 Å². The zero-order chi connectivity index (χ0) is 22.0. The Balaban J connectivity index is 1.75. The lowest BCUT2D eigenvalue weighted by Crippen LogP contribution is -2.42. The molecule has 1 amide bonds. The number of carbonyl (C=O) groups is 2. The van der Waals surface area contributed by atoms with Crippen molar-refractivity contribution < 1.29 is 19.4 Å². The summed E-state index contributed by atoms with van der Waals surface area (Å²) < 4.78 is 5.38. The first kappa shape index (κ1) is 21.8. The van der Waals surface area contributed by atoms with Crippen LogP contribution < -0.4 is 0 Å². The van der Waals surface area contributed by atoms with Crippen molar-refractivity contribution in [3.63, 3.8) is 0 Å². The first-order chi connectivity index (χ1) is 15.0. The SMILES string of the molecule is O=C1C(=O)N(CCN2CCOCC2)[C@H](c2ccc(Cl)c(Cl)c2)/C1=C(\O)c1ccccc1. The van der Waals surface area contributed by atoms with Crippen molar-refractivity contribution in [2.45, 2.75) is 6.04 Å². The third-order valence-electron chi connectivity index (χ3n) is 5.61. The summed E-state index contributed by atoms with van der Waals surface area (Å²) in [5.41, 5.74) is 1.14. The number of morpholine rings is 1. The number of hydrogen-bond donors (Lipinski definition) is 1. The molecule has 0 aromatic heterocycles. The summed E-state index contributed by atoms with van der Waals surface area (Å²) in [5.74, 6) is -1.55. The van der Waals surface area contributed by atoms with Gasteiger partial charge in [0.15, 0.2) is 0 Å². The third kappa shape index (κ3) is 4.48. The summed E-state index contributed by atoms with van der Waals surface area (Å²) in [6.07, 6.45) is 0. The van der Waals surface area contributed by atoms with E-state index < -0.39 is 17.7 Å². The number of carbonyl (C=O) groups excluding carboxylic acids is 2. The number of rotatable bonds is 5. The van der Waals surface area contributed by atoms with Gasteiger partial charge in [-0.2, -0.15) is 0 Å². The monoisotopic (exact) mass is 460 g/mol. The number of nitrogens with zero attached hydrogens (tertiary/aromatic N) is 2. The van der Waals surface area contributed by atoms with Crippen LogP contribution in [-0.4, -0.2) is 66.0 Å². The minimum absolute atomic E-state index is 0.0524. The van der Waals surface area contributed by atoms with Gasteiger partial charge in [-0.3, -0.25) is 14.5 Å². The second kappa shape index (κ2) is 9.40. The number of aliphatic hydroxyl groups excluding tert-OH is 1. The fraction of sp³-hybridized carbons (Fsp3) is 0.304. The van der Waals surface area contributed by atoms with E-state index in [1.165, 1.54) is 4.90 Å². The van der Waals surface area contributed by atoms with Crippen molar-refractivity contribution in [2.75, 3.05) is 39.4 Å². The molecule has 4 rings (SSSR count). The molecule has 6 nitrogen and oxygen atoms in total. The molecule has 2 aliphatic heterocycles. The van der Waals surface area contributed by atoms with Crippen molar-refractivity contribution in [1.29, 1.82) is 0 Å². The fourth-order valence-corrected chi connectivity index (χ4v) is 4.27. The van der Waals surface area contributed by atoms with Gasteiger partial charge in [0.05, 0.1) is 34.9 Å². The zero-order valence-corrected chi connectivity index (χ0v) is 18.3. The smallest absolute Gasteiger partial charge is 0.295 e. The van der Waals surface area contributed by atoms with E-state index >= 15 is 0 Å². The lowest BCUT2D eigenvalue weighted by Gasteiger charge is -2.31. The molecule has 2 saturated heterocycles. The van der Waals surface area contributed by atoms with Crippen LogP contribution in [0.1, 0.15) is 17.2 Å². The van der Waals surface area contributed by atoms with E-state index in [0.717, 1.165) is 13.1 Å². The third-order valence-corrected chi connectivity index (χ3v) is 6.35. The van der Waals surface area contributed by atoms with Crippen LogP contribution in [0.15, 0.2) is 54.1 Å². The second-order valence-corrected chi connectivity index (χ2v) is 8.30. The molecule has 31 heavy (non-hydrogen) atoms. The maximum atomic E-state index is 13.0. The number of benzene rings is 2. The highest BCUT2D eigenvalue weighted by Crippen LogP contribution is 2.40. The Morgan fingerprint density at radius 3 is 2.39 bits per heavy atom. The van der Waals surface area contributed by atoms with E-state index in [2.05, 4.69) is 4.90 Å². The van der Waals surface area contributed by atoms with Crippen molar-refractivity contribution in [2.24, 2.45) is 0 Å². The number of aliphatic hydroxyl groups is 1. The minimum atomic E-state index is -0.754. The molecule has 2 aromatic carbocycles. The molecule has 2 fully saturated rings. The average Bonchev–Trinajstić information content (AvgIpc) is 3.05. The molecule has 2 aromatic rings. The van der Waals surface area contributed by atoms with Crippen molar-refractivity contribution in [1.82, 2.24) is 9.80 Å². The molecule has 1 N–H and O–H groups in total. The molecule has 0 aliphatic carbocycles. The van der Waals surface area contributed by atoms with E-state index in [-0.39, 0.29) is 11.3 Å². The highest BCUT2D eigenvalue weighted by Gasteiger charge is 2.46. The van der Waals surface area contributed by atoms with Crippen molar-refractivity contribution >= 4 is 40.7 Å². The van der Waals surface area contributed by atoms with Crippen LogP contribution in [0.25, 0.3) is 5.76 Å². The van der Waals surface area contributed by atoms with Gasteiger partial charge >= 0.3 is 0 Å². The molecule has 2 aliphatic rings. The quantitative estimate of drug-likeness (QED) is 0.418. The molecule has 0 spiro atoms. The number of amides is 1. The predicted molar refractivity (Wildman–Crippen MR) is 119 cm³/mol. The lowest BCUT2D eigenvalue weighted by molar-refractivity contribution is -0.140. The molecule has 0 unspecified atom stereocenters. The molecule has 8 heteroatoms. The number of Topliss-reactive ketones (excluding diaryl/α,β-unsaturated/α-hetero) is 1. The summed E-state index contributed by atoms with van der Waals surface area (Å²) in [6, 6.07) is 13.0. The number of hydrogen-bond acceptors (Lipinski definition) is 5. The predicted octanol–water partition coefficient (Wildman–Crippen LogP) is 3.75. The fourth-order valence-electron chi connectivity index (χ4n) is 3.97. The Morgan fingerprint density at radius 1 is 1.00 bits per heavy atom. The van der Waals surface area contributed by atoms with E-state index in [4.69, 9.17) is 27.9 Å². The van der Waals surface area contributed by atoms with Crippen LogP contribution in [0, 0.1) is 0 Å². The standard InChI is InChI=1S/C23H22Cl2N2O4/c24-17-7-6-16(14-18(17)25)20-19(21(28)15-4-2-1-3-5-15)22(29)23(30)27(20)9-8-26-10-12-31-13-11-26/h1-7,14,20,28H,8-13H2/b21-19+/t20-/m1/s1. The zero-order valence-electron chi connectivity index (χ0n) is 16.8. The molecule has 2 heterocycles. The van der Waals surface area contributed by atoms with E-state index in [0.29, 0.717) is 47.5 Å². The van der Waals surface area contributed by atoms with E-state index in [9.17, 15) is 14.7 Å². The Labute approximate surface area is 190 Å². The van der Waals surface area contributed by atoms with E-state index in [1.807, 2.05) is 6.07 Å². The minimum Gasteiger partial charge on any atom is -0.507 e. The molecule has 0 bridgehead atoms. The Bertz CT molecular complexity index is 1020. The normalized spacial score (nSPS) is 21.6. The number of ether oxygens (including phenoxy) is 1. The molecular weight excluding hydrogens is 439 g/mol. The van der Waals surface area contributed by atoms with Crippen LogP contribution in [0.2, 0.25) is 10.0 Å². The van der Waals surface area contributed by atoms with Gasteiger partial charge in [-0.15, -0.1) is 0 Å². The van der Waals surface area contributed by atoms with Gasteiger partial charge in [-0.05, 0) is 17.7 Å². The van der Waals surface area contributed by atoms with Gasteiger partial charge in [-0.1, -0.05) is 59.6 Å². The first-order valence-corrected chi connectivity index (χ1v) is 10.8. The largest absolute Gasteiger partial charge is 0.507 e. The van der Waals surface area contributed by atoms with Crippen LogP contribution in [0.4, 0.5) is 0 Å². The first-order valence-electron chi connectivity index (χ1n) is 10.1. The Hall–Kier alpha value is -2.38. The maximum absolute atomic E-state index is 13.0. The van der Waals surface area contributed by atoms with Gasteiger partial charge in [0.2, 0.25) is 0 Å². The van der Waals surface area contributed by atoms with Crippen LogP contribution in [-0.2, 0) is 14.3 Å². The number of likely N-dealkylation sites (tertiary alicyclic amines) is 1. The van der Waals surface area contributed by atoms with Gasteiger partial charge < -0.3 is 14.7 Å². The highest BCUT2D eigenvalue weighted by atomic mass is 35.5. The molecular formula is C23H22Cl2N2O4. The molecule has 0 radical (unpaired) electrons.